The van der Waals surface area contributed by atoms with Gasteiger partial charge in [0.1, 0.15) is 48.8 Å². The third kappa shape index (κ3) is 43.7. The monoisotopic (exact) mass is 1260 g/mol. The molecule has 1 amide bonds. The second kappa shape index (κ2) is 59.9. The normalized spacial score (nSPS) is 23.2. The molecule has 2 saturated heterocycles. The minimum absolute atomic E-state index is 0.246. The average Bonchev–Trinajstić information content (AvgIpc) is 1.30. The van der Waals surface area contributed by atoms with Crippen LogP contribution in [0, 0.1) is 0 Å². The van der Waals surface area contributed by atoms with Crippen molar-refractivity contribution in [2.45, 2.75) is 415 Å². The molecule has 0 spiro atoms. The lowest BCUT2D eigenvalue weighted by molar-refractivity contribution is -0.359. The SMILES string of the molecule is CCCCCCCCCCCCCCCCCC/C=C/CC/C=C/CC/C=C/C(O)C(COC1OC(CO)C(OC2OC(CO)C(O)C(O)C2O)C(O)C1O)NC(=O)CCCCCCCCCCCCCCCCCCCCCCCCCCCCCCC. The van der Waals surface area contributed by atoms with Gasteiger partial charge >= 0.3 is 0 Å². The van der Waals surface area contributed by atoms with Crippen LogP contribution in [0.1, 0.15) is 341 Å². The molecule has 12 unspecified atom stereocenters. The first-order chi connectivity index (χ1) is 43.6. The number of hydrogen-bond donors (Lipinski definition) is 9. The molecule has 0 aromatic heterocycles. The first-order valence-corrected chi connectivity index (χ1v) is 37.7. The maximum absolute atomic E-state index is 13.3. The Balaban J connectivity index is 1.67. The van der Waals surface area contributed by atoms with Crippen LogP contribution in [0.15, 0.2) is 36.5 Å². The summed E-state index contributed by atoms with van der Waals surface area (Å²) in [6, 6.07) is -0.937. The lowest BCUT2D eigenvalue weighted by Crippen LogP contribution is -2.65. The molecular weight excluding hydrogens is 1120 g/mol. The van der Waals surface area contributed by atoms with Gasteiger partial charge in [-0.2, -0.15) is 0 Å². The Kier molecular flexibility index (Phi) is 56.1. The summed E-state index contributed by atoms with van der Waals surface area (Å²) in [4.78, 5) is 13.3. The number of unbranched alkanes of at least 4 members (excludes halogenated alkanes) is 46. The molecule has 2 heterocycles. The zero-order valence-corrected chi connectivity index (χ0v) is 57.2. The summed E-state index contributed by atoms with van der Waals surface area (Å²) in [5, 5.41) is 87.5. The van der Waals surface area contributed by atoms with E-state index in [0.717, 1.165) is 44.9 Å². The van der Waals surface area contributed by atoms with E-state index < -0.39 is 86.8 Å². The van der Waals surface area contributed by atoms with E-state index in [2.05, 4.69) is 43.5 Å². The van der Waals surface area contributed by atoms with E-state index in [1.807, 2.05) is 6.08 Å². The topological polar surface area (TPSA) is 228 Å². The zero-order valence-electron chi connectivity index (χ0n) is 57.2. The summed E-state index contributed by atoms with van der Waals surface area (Å²) in [5.74, 6) is -0.246. The van der Waals surface area contributed by atoms with Gasteiger partial charge in [0.05, 0.1) is 32.0 Å². The highest BCUT2D eigenvalue weighted by Crippen LogP contribution is 2.30. The fraction of sp³-hybridized carbons (Fsp3) is 0.907. The highest BCUT2D eigenvalue weighted by atomic mass is 16.7. The van der Waals surface area contributed by atoms with Gasteiger partial charge in [-0.3, -0.25) is 4.79 Å². The van der Waals surface area contributed by atoms with Crippen LogP contribution >= 0.6 is 0 Å². The number of carbonyl (C=O) groups excluding carboxylic acids is 1. The molecular formula is C75H141NO13. The number of rotatable bonds is 63. The van der Waals surface area contributed by atoms with Crippen LogP contribution in [0.25, 0.3) is 0 Å². The molecule has 14 nitrogen and oxygen atoms in total. The van der Waals surface area contributed by atoms with Crippen molar-refractivity contribution in [3.05, 3.63) is 36.5 Å². The Hall–Kier alpha value is -1.79. The molecule has 0 bridgehead atoms. The van der Waals surface area contributed by atoms with E-state index in [1.54, 1.807) is 6.08 Å². The van der Waals surface area contributed by atoms with Gasteiger partial charge in [-0.05, 0) is 44.9 Å². The summed E-state index contributed by atoms with van der Waals surface area (Å²) < 4.78 is 22.9. The van der Waals surface area contributed by atoms with Crippen molar-refractivity contribution in [3.8, 4) is 0 Å². The molecule has 2 fully saturated rings. The number of ether oxygens (including phenoxy) is 4. The van der Waals surface area contributed by atoms with Crippen molar-refractivity contribution in [2.75, 3.05) is 19.8 Å². The Morgan fingerprint density at radius 2 is 0.719 bits per heavy atom. The molecule has 2 aliphatic rings. The van der Waals surface area contributed by atoms with Crippen molar-refractivity contribution in [1.82, 2.24) is 5.32 Å². The number of amides is 1. The van der Waals surface area contributed by atoms with Crippen molar-refractivity contribution < 1.29 is 64.6 Å². The molecule has 89 heavy (non-hydrogen) atoms. The number of hydrogen-bond acceptors (Lipinski definition) is 13. The molecule has 9 N–H and O–H groups in total. The lowest BCUT2D eigenvalue weighted by Gasteiger charge is -2.46. The minimum atomic E-state index is -1.79. The molecule has 2 rings (SSSR count). The largest absolute Gasteiger partial charge is 0.394 e. The molecule has 12 atom stereocenters. The fourth-order valence-electron chi connectivity index (χ4n) is 12.6. The number of aliphatic hydroxyl groups is 8. The van der Waals surface area contributed by atoms with Gasteiger partial charge in [0.25, 0.3) is 0 Å². The van der Waals surface area contributed by atoms with Crippen LogP contribution < -0.4 is 5.32 Å². The van der Waals surface area contributed by atoms with Crippen LogP contribution in [0.3, 0.4) is 0 Å². The van der Waals surface area contributed by atoms with E-state index in [4.69, 9.17) is 18.9 Å². The molecule has 524 valence electrons. The minimum Gasteiger partial charge on any atom is -0.394 e. The second-order valence-corrected chi connectivity index (χ2v) is 26.8. The third-order valence-corrected chi connectivity index (χ3v) is 18.6. The first-order valence-electron chi connectivity index (χ1n) is 37.7. The standard InChI is InChI=1S/C75H141NO13/c1-3-5-7-9-11-13-15-17-19-21-23-25-27-29-31-32-33-35-37-39-41-43-45-47-49-51-53-55-57-59-67(80)76-63(62-86-74-72(85)70(83)73(66(61-78)88-74)89-75-71(84)69(82)68(81)65(60-77)87-75)64(79)58-56-54-52-50-48-46-44-42-40-38-36-34-30-28-26-24-22-20-18-16-14-12-10-8-6-4-2/h40,42,48,50,56,58,63-66,68-75,77-79,81-85H,3-39,41,43-47,49,51-55,57,59-62H2,1-2H3,(H,76,80)/b42-40+,50-48+,58-56+. The predicted octanol–water partition coefficient (Wildman–Crippen LogP) is 16.1. The molecule has 2 aliphatic heterocycles. The summed E-state index contributed by atoms with van der Waals surface area (Å²) >= 11 is 0. The van der Waals surface area contributed by atoms with Crippen molar-refractivity contribution in [1.29, 1.82) is 0 Å². The Bertz CT molecular complexity index is 1630. The van der Waals surface area contributed by atoms with Gasteiger partial charge in [0.15, 0.2) is 12.6 Å². The predicted molar refractivity (Wildman–Crippen MR) is 365 cm³/mol. The number of nitrogens with one attached hydrogen (secondary N) is 1. The Labute approximate surface area is 544 Å². The summed E-state index contributed by atoms with van der Waals surface area (Å²) in [5.41, 5.74) is 0. The molecule has 0 aromatic rings. The third-order valence-electron chi connectivity index (χ3n) is 18.6. The van der Waals surface area contributed by atoms with Crippen LogP contribution in [0.5, 0.6) is 0 Å². The Morgan fingerprint density at radius 3 is 1.10 bits per heavy atom. The maximum atomic E-state index is 13.3. The number of aliphatic hydroxyl groups excluding tert-OH is 8. The van der Waals surface area contributed by atoms with Crippen molar-refractivity contribution in [3.63, 3.8) is 0 Å². The van der Waals surface area contributed by atoms with E-state index in [-0.39, 0.29) is 18.9 Å². The summed E-state index contributed by atoms with van der Waals surface area (Å²) in [6.07, 6.45) is 60.8. The van der Waals surface area contributed by atoms with Gasteiger partial charge in [0.2, 0.25) is 5.91 Å². The quantitative estimate of drug-likeness (QED) is 0.0204. The van der Waals surface area contributed by atoms with Crippen LogP contribution in [0.2, 0.25) is 0 Å². The fourth-order valence-corrected chi connectivity index (χ4v) is 12.6. The molecule has 0 radical (unpaired) electrons. The van der Waals surface area contributed by atoms with Gasteiger partial charge in [-0.15, -0.1) is 0 Å². The van der Waals surface area contributed by atoms with Gasteiger partial charge in [-0.25, -0.2) is 0 Å². The van der Waals surface area contributed by atoms with Gasteiger partial charge < -0.3 is 65.1 Å². The number of carbonyl (C=O) groups is 1. The summed E-state index contributed by atoms with van der Waals surface area (Å²) in [6.45, 7) is 2.84. The average molecular weight is 1260 g/mol. The van der Waals surface area contributed by atoms with Crippen LogP contribution in [-0.2, 0) is 23.7 Å². The highest BCUT2D eigenvalue weighted by molar-refractivity contribution is 5.76. The van der Waals surface area contributed by atoms with Crippen LogP contribution in [0.4, 0.5) is 0 Å². The first kappa shape index (κ1) is 83.3. The van der Waals surface area contributed by atoms with E-state index >= 15 is 0 Å². The molecule has 0 saturated carbocycles. The second-order valence-electron chi connectivity index (χ2n) is 26.8. The smallest absolute Gasteiger partial charge is 0.220 e. The zero-order chi connectivity index (χ0) is 64.5. The lowest BCUT2D eigenvalue weighted by atomic mass is 9.97. The van der Waals surface area contributed by atoms with Crippen LogP contribution in [-0.4, -0.2) is 140 Å². The van der Waals surface area contributed by atoms with E-state index in [9.17, 15) is 45.6 Å². The molecule has 14 heteroatoms. The van der Waals surface area contributed by atoms with E-state index in [1.165, 1.54) is 263 Å². The van der Waals surface area contributed by atoms with E-state index in [0.29, 0.717) is 12.8 Å². The molecule has 0 aliphatic carbocycles. The van der Waals surface area contributed by atoms with Crippen molar-refractivity contribution >= 4 is 5.91 Å². The Morgan fingerprint density at radius 1 is 0.393 bits per heavy atom. The highest BCUT2D eigenvalue weighted by Gasteiger charge is 2.51. The number of allylic oxidation sites excluding steroid dienone is 5. The van der Waals surface area contributed by atoms with Crippen molar-refractivity contribution in [2.24, 2.45) is 0 Å². The molecule has 0 aromatic carbocycles. The summed E-state index contributed by atoms with van der Waals surface area (Å²) in [7, 11) is 0. The van der Waals surface area contributed by atoms with Gasteiger partial charge in [0, 0.05) is 6.42 Å². The van der Waals surface area contributed by atoms with Gasteiger partial charge in [-0.1, -0.05) is 326 Å². The maximum Gasteiger partial charge on any atom is 0.220 e.